The summed E-state index contributed by atoms with van der Waals surface area (Å²) in [4.78, 5) is 15.1. The lowest BCUT2D eigenvalue weighted by atomic mass is 9.57. The van der Waals surface area contributed by atoms with Crippen LogP contribution in [-0.2, 0) is 11.3 Å². The highest BCUT2D eigenvalue weighted by atomic mass is 127. The third-order valence-electron chi connectivity index (χ3n) is 5.28. The molecule has 1 saturated carbocycles. The van der Waals surface area contributed by atoms with Gasteiger partial charge in [-0.15, -0.1) is 24.0 Å². The van der Waals surface area contributed by atoms with E-state index >= 15 is 0 Å². The van der Waals surface area contributed by atoms with Gasteiger partial charge < -0.3 is 15.4 Å². The highest BCUT2D eigenvalue weighted by Crippen LogP contribution is 2.52. The van der Waals surface area contributed by atoms with Crippen LogP contribution in [0.15, 0.2) is 29.3 Å². The van der Waals surface area contributed by atoms with Gasteiger partial charge in [0.05, 0.1) is 17.6 Å². The Labute approximate surface area is 171 Å². The summed E-state index contributed by atoms with van der Waals surface area (Å²) in [5.74, 6) is 1.27. The summed E-state index contributed by atoms with van der Waals surface area (Å²) in [5.41, 5.74) is 0.987. The van der Waals surface area contributed by atoms with E-state index in [2.05, 4.69) is 29.5 Å². The zero-order chi connectivity index (χ0) is 18.0. The van der Waals surface area contributed by atoms with Gasteiger partial charge in [-0.2, -0.15) is 0 Å². The molecule has 8 heteroatoms. The molecule has 2 N–H and O–H groups in total. The molecule has 1 aromatic rings. The summed E-state index contributed by atoms with van der Waals surface area (Å²) in [6.45, 7) is 8.46. The Bertz CT molecular complexity index is 680. The largest absolute Gasteiger partial charge is 0.377 e. The van der Waals surface area contributed by atoms with Crippen LogP contribution in [0.25, 0.3) is 0 Å². The molecule has 1 aliphatic heterocycles. The third-order valence-corrected chi connectivity index (χ3v) is 5.28. The van der Waals surface area contributed by atoms with Crippen LogP contribution < -0.4 is 10.6 Å². The number of hydrogen-bond acceptors (Lipinski definition) is 4. The van der Waals surface area contributed by atoms with Crippen LogP contribution in [0, 0.1) is 21.4 Å². The van der Waals surface area contributed by atoms with Crippen molar-refractivity contribution in [3.05, 3.63) is 39.9 Å². The number of benzene rings is 1. The van der Waals surface area contributed by atoms with Gasteiger partial charge in [-0.3, -0.25) is 10.1 Å². The van der Waals surface area contributed by atoms with Gasteiger partial charge in [0.25, 0.3) is 5.69 Å². The van der Waals surface area contributed by atoms with Gasteiger partial charge in [-0.25, -0.2) is 4.99 Å². The summed E-state index contributed by atoms with van der Waals surface area (Å²) in [5, 5.41) is 17.7. The highest BCUT2D eigenvalue weighted by Gasteiger charge is 2.59. The summed E-state index contributed by atoms with van der Waals surface area (Å²) >= 11 is 0. The highest BCUT2D eigenvalue weighted by molar-refractivity contribution is 14.0. The van der Waals surface area contributed by atoms with E-state index in [4.69, 9.17) is 4.74 Å². The zero-order valence-electron chi connectivity index (χ0n) is 15.4. The van der Waals surface area contributed by atoms with Crippen molar-refractivity contribution < 1.29 is 9.66 Å². The number of aliphatic imine (C=N–C) groups is 1. The minimum atomic E-state index is -0.381. The number of nitrogens with one attached hydrogen (secondary N) is 2. The molecule has 1 heterocycles. The maximum Gasteiger partial charge on any atom is 0.269 e. The van der Waals surface area contributed by atoms with Crippen LogP contribution in [-0.4, -0.2) is 36.2 Å². The maximum atomic E-state index is 10.9. The topological polar surface area (TPSA) is 88.8 Å². The van der Waals surface area contributed by atoms with E-state index in [9.17, 15) is 10.1 Å². The van der Waals surface area contributed by atoms with Crippen LogP contribution in [0.5, 0.6) is 0 Å². The molecule has 1 saturated heterocycles. The molecule has 2 aliphatic rings. The van der Waals surface area contributed by atoms with Crippen molar-refractivity contribution in [2.45, 2.75) is 45.9 Å². The average Bonchev–Trinajstić information content (AvgIpc) is 3.04. The fraction of sp³-hybridized carbons (Fsp3) is 0.611. The van der Waals surface area contributed by atoms with E-state index in [0.717, 1.165) is 31.1 Å². The predicted molar refractivity (Wildman–Crippen MR) is 112 cm³/mol. The number of nitro groups is 1. The maximum absolute atomic E-state index is 10.9. The lowest BCUT2D eigenvalue weighted by Crippen LogP contribution is -2.67. The molecule has 144 valence electrons. The first-order valence-corrected chi connectivity index (χ1v) is 8.83. The molecule has 0 bridgehead atoms. The van der Waals surface area contributed by atoms with Gasteiger partial charge in [-0.05, 0) is 18.9 Å². The van der Waals surface area contributed by atoms with Gasteiger partial charge >= 0.3 is 0 Å². The summed E-state index contributed by atoms with van der Waals surface area (Å²) < 4.78 is 5.84. The Morgan fingerprint density at radius 1 is 1.46 bits per heavy atom. The van der Waals surface area contributed by atoms with Crippen molar-refractivity contribution in [1.82, 2.24) is 10.6 Å². The summed E-state index contributed by atoms with van der Waals surface area (Å²) in [6.07, 6.45) is 1.40. The van der Waals surface area contributed by atoms with E-state index in [1.54, 1.807) is 12.1 Å². The van der Waals surface area contributed by atoms with E-state index < -0.39 is 0 Å². The number of nitrogens with zero attached hydrogens (tertiary/aromatic N) is 2. The molecule has 0 aromatic heterocycles. The molecule has 1 aromatic carbocycles. The minimum Gasteiger partial charge on any atom is -0.377 e. The van der Waals surface area contributed by atoms with Crippen molar-refractivity contribution in [3.63, 3.8) is 0 Å². The Balaban J connectivity index is 0.00000243. The Morgan fingerprint density at radius 2 is 2.23 bits per heavy atom. The number of fused-ring (bicyclic) bond motifs is 1. The summed E-state index contributed by atoms with van der Waals surface area (Å²) in [7, 11) is 0. The van der Waals surface area contributed by atoms with Gasteiger partial charge in [0.1, 0.15) is 0 Å². The fourth-order valence-electron chi connectivity index (χ4n) is 4.02. The number of hydrogen-bond donors (Lipinski definition) is 2. The number of ether oxygens (including phenoxy) is 1. The molecule has 0 radical (unpaired) electrons. The molecule has 1 aliphatic carbocycles. The van der Waals surface area contributed by atoms with Crippen LogP contribution in [0.2, 0.25) is 0 Å². The first kappa shape index (κ1) is 20.9. The molecular formula is C18H27IN4O3. The minimum absolute atomic E-state index is 0. The van der Waals surface area contributed by atoms with Crippen molar-refractivity contribution >= 4 is 35.6 Å². The lowest BCUT2D eigenvalue weighted by molar-refractivity contribution is -0.384. The van der Waals surface area contributed by atoms with Crippen LogP contribution in [0.4, 0.5) is 5.69 Å². The van der Waals surface area contributed by atoms with Crippen molar-refractivity contribution in [2.75, 3.05) is 13.2 Å². The molecule has 0 amide bonds. The predicted octanol–water partition coefficient (Wildman–Crippen LogP) is 3.08. The van der Waals surface area contributed by atoms with Crippen molar-refractivity contribution in [2.24, 2.45) is 16.3 Å². The number of guanidine groups is 1. The van der Waals surface area contributed by atoms with E-state index in [1.165, 1.54) is 6.07 Å². The lowest BCUT2D eigenvalue weighted by Gasteiger charge is -2.54. The number of rotatable bonds is 5. The molecule has 3 atom stereocenters. The summed E-state index contributed by atoms with van der Waals surface area (Å²) in [6, 6.07) is 6.94. The van der Waals surface area contributed by atoms with Crippen LogP contribution in [0.3, 0.4) is 0 Å². The van der Waals surface area contributed by atoms with E-state index in [-0.39, 0.29) is 40.0 Å². The molecular weight excluding hydrogens is 447 g/mol. The number of halogens is 1. The third kappa shape index (κ3) is 4.11. The molecule has 2 fully saturated rings. The second-order valence-electron chi connectivity index (χ2n) is 7.31. The monoisotopic (exact) mass is 474 g/mol. The second kappa shape index (κ2) is 8.51. The van der Waals surface area contributed by atoms with Crippen molar-refractivity contribution in [3.8, 4) is 0 Å². The Morgan fingerprint density at radius 3 is 2.92 bits per heavy atom. The van der Waals surface area contributed by atoms with Gasteiger partial charge in [0.2, 0.25) is 0 Å². The van der Waals surface area contributed by atoms with Crippen LogP contribution in [0.1, 0.15) is 32.8 Å². The molecule has 3 rings (SSSR count). The Hall–Kier alpha value is -1.42. The average molecular weight is 474 g/mol. The van der Waals surface area contributed by atoms with Gasteiger partial charge in [0, 0.05) is 42.7 Å². The number of non-ortho nitro benzene ring substituents is 1. The number of nitro benzene ring substituents is 1. The van der Waals surface area contributed by atoms with Gasteiger partial charge in [0.15, 0.2) is 5.96 Å². The SMILES string of the molecule is CCNC(=NCc1cccc([N+](=O)[O-])c1)NC1C2CCOC2C1(C)C.I. The first-order chi connectivity index (χ1) is 11.9. The first-order valence-electron chi connectivity index (χ1n) is 8.83. The fourth-order valence-corrected chi connectivity index (χ4v) is 4.02. The van der Waals surface area contributed by atoms with E-state index in [0.29, 0.717) is 24.6 Å². The zero-order valence-corrected chi connectivity index (χ0v) is 17.7. The standard InChI is InChI=1S/C18H26N4O3.HI/c1-4-19-17(20-11-12-6-5-7-13(10-12)22(23)24)21-15-14-8-9-25-16(14)18(15,2)3;/h5-7,10,14-16H,4,8-9,11H2,1-3H3,(H2,19,20,21);1H. The molecule has 3 unspecified atom stereocenters. The smallest absolute Gasteiger partial charge is 0.269 e. The van der Waals surface area contributed by atoms with E-state index in [1.807, 2.05) is 13.0 Å². The van der Waals surface area contributed by atoms with Gasteiger partial charge in [-0.1, -0.05) is 26.0 Å². The van der Waals surface area contributed by atoms with Crippen molar-refractivity contribution in [1.29, 1.82) is 0 Å². The Kier molecular flexibility index (Phi) is 6.84. The normalized spacial score (nSPS) is 26.3. The molecule has 7 nitrogen and oxygen atoms in total. The molecule has 26 heavy (non-hydrogen) atoms. The second-order valence-corrected chi connectivity index (χ2v) is 7.31. The molecule has 0 spiro atoms. The van der Waals surface area contributed by atoms with Crippen LogP contribution >= 0.6 is 24.0 Å². The quantitative estimate of drug-likeness (QED) is 0.225.